The molecule has 0 radical (unpaired) electrons. The summed E-state index contributed by atoms with van der Waals surface area (Å²) in [5, 5.41) is 14.1. The molecule has 2 unspecified atom stereocenters. The third-order valence-electron chi connectivity index (χ3n) is 2.71. The van der Waals surface area contributed by atoms with Gasteiger partial charge in [0, 0.05) is 19.2 Å². The first-order valence-electron chi connectivity index (χ1n) is 6.10. The van der Waals surface area contributed by atoms with Crippen LogP contribution in [0.25, 0.3) is 0 Å². The fourth-order valence-electron chi connectivity index (χ4n) is 1.33. The van der Waals surface area contributed by atoms with Gasteiger partial charge in [-0.1, -0.05) is 0 Å². The standard InChI is InChI=1S/C12H24N2O4/c1-6-18-12(4,5)7-13-11(17)14-9(3)8(2)10(15)16/h8-9H,6-7H2,1-5H3,(H,15,16)(H2,13,14,17). The molecule has 0 aromatic heterocycles. The SMILES string of the molecule is CCOC(C)(C)CNC(=O)NC(C)C(C)C(=O)O. The van der Waals surface area contributed by atoms with Crippen LogP contribution in [0.2, 0.25) is 0 Å². The summed E-state index contributed by atoms with van der Waals surface area (Å²) in [5.41, 5.74) is -0.437. The summed E-state index contributed by atoms with van der Waals surface area (Å²) in [7, 11) is 0. The van der Waals surface area contributed by atoms with Crippen molar-refractivity contribution in [1.82, 2.24) is 10.6 Å². The van der Waals surface area contributed by atoms with Gasteiger partial charge in [-0.2, -0.15) is 0 Å². The van der Waals surface area contributed by atoms with E-state index < -0.39 is 23.5 Å². The Labute approximate surface area is 108 Å². The molecule has 0 spiro atoms. The Hall–Kier alpha value is -1.30. The van der Waals surface area contributed by atoms with Crippen molar-refractivity contribution in [2.75, 3.05) is 13.2 Å². The maximum atomic E-state index is 11.6. The molecular weight excluding hydrogens is 236 g/mol. The summed E-state index contributed by atoms with van der Waals surface area (Å²) in [5.74, 6) is -1.56. The highest BCUT2D eigenvalue weighted by atomic mass is 16.5. The van der Waals surface area contributed by atoms with Crippen molar-refractivity contribution in [2.45, 2.75) is 46.3 Å². The van der Waals surface area contributed by atoms with Crippen LogP contribution in [-0.4, -0.2) is 41.9 Å². The summed E-state index contributed by atoms with van der Waals surface area (Å²) < 4.78 is 5.43. The van der Waals surface area contributed by atoms with Gasteiger partial charge >= 0.3 is 12.0 Å². The third-order valence-corrected chi connectivity index (χ3v) is 2.71. The van der Waals surface area contributed by atoms with Crippen LogP contribution in [-0.2, 0) is 9.53 Å². The first kappa shape index (κ1) is 16.7. The molecule has 0 aliphatic carbocycles. The smallest absolute Gasteiger partial charge is 0.315 e. The summed E-state index contributed by atoms with van der Waals surface area (Å²) in [4.78, 5) is 22.3. The molecule has 0 heterocycles. The van der Waals surface area contributed by atoms with E-state index in [2.05, 4.69) is 10.6 Å². The Morgan fingerprint density at radius 3 is 2.33 bits per heavy atom. The quantitative estimate of drug-likeness (QED) is 0.642. The molecule has 6 nitrogen and oxygen atoms in total. The minimum absolute atomic E-state index is 0.362. The molecule has 2 amide bonds. The van der Waals surface area contributed by atoms with E-state index >= 15 is 0 Å². The Morgan fingerprint density at radius 1 is 1.33 bits per heavy atom. The molecule has 0 bridgehead atoms. The summed E-state index contributed by atoms with van der Waals surface area (Å²) in [6, 6.07) is -0.818. The third kappa shape index (κ3) is 6.44. The van der Waals surface area contributed by atoms with Crippen molar-refractivity contribution in [1.29, 1.82) is 0 Å². The number of nitrogens with one attached hydrogen (secondary N) is 2. The average Bonchev–Trinajstić information content (AvgIpc) is 2.25. The van der Waals surface area contributed by atoms with E-state index in [-0.39, 0.29) is 6.03 Å². The molecule has 2 atom stereocenters. The van der Waals surface area contributed by atoms with Crippen LogP contribution in [0.3, 0.4) is 0 Å². The van der Waals surface area contributed by atoms with Gasteiger partial charge in [0.2, 0.25) is 0 Å². The van der Waals surface area contributed by atoms with Crippen molar-refractivity contribution >= 4 is 12.0 Å². The van der Waals surface area contributed by atoms with Gasteiger partial charge in [0.05, 0.1) is 11.5 Å². The van der Waals surface area contributed by atoms with E-state index in [4.69, 9.17) is 9.84 Å². The zero-order chi connectivity index (χ0) is 14.3. The predicted molar refractivity (Wildman–Crippen MR) is 68.5 cm³/mol. The molecule has 0 aromatic carbocycles. The lowest BCUT2D eigenvalue weighted by Crippen LogP contribution is -2.49. The average molecular weight is 260 g/mol. The van der Waals surface area contributed by atoms with Gasteiger partial charge in [0.15, 0.2) is 0 Å². The number of hydrogen-bond donors (Lipinski definition) is 3. The minimum Gasteiger partial charge on any atom is -0.481 e. The predicted octanol–water partition coefficient (Wildman–Crippen LogP) is 1.21. The van der Waals surface area contributed by atoms with Crippen molar-refractivity contribution in [3.8, 4) is 0 Å². The van der Waals surface area contributed by atoms with E-state index in [0.717, 1.165) is 0 Å². The maximum Gasteiger partial charge on any atom is 0.315 e. The molecule has 0 aliphatic heterocycles. The molecular formula is C12H24N2O4. The Bertz CT molecular complexity index is 292. The molecule has 18 heavy (non-hydrogen) atoms. The molecule has 0 aliphatic rings. The maximum absolute atomic E-state index is 11.6. The summed E-state index contributed by atoms with van der Waals surface area (Å²) >= 11 is 0. The second kappa shape index (κ2) is 7.20. The molecule has 106 valence electrons. The van der Waals surface area contributed by atoms with Gasteiger partial charge < -0.3 is 20.5 Å². The van der Waals surface area contributed by atoms with E-state index in [1.165, 1.54) is 0 Å². The number of urea groups is 1. The van der Waals surface area contributed by atoms with Crippen molar-refractivity contribution in [3.63, 3.8) is 0 Å². The molecule has 0 saturated heterocycles. The Balaban J connectivity index is 4.09. The van der Waals surface area contributed by atoms with Crippen molar-refractivity contribution in [3.05, 3.63) is 0 Å². The molecule has 0 aromatic rings. The van der Waals surface area contributed by atoms with Gasteiger partial charge in [0.1, 0.15) is 0 Å². The molecule has 0 fully saturated rings. The van der Waals surface area contributed by atoms with E-state index in [1.54, 1.807) is 13.8 Å². The van der Waals surface area contributed by atoms with E-state index in [1.807, 2.05) is 20.8 Å². The Kier molecular flexibility index (Phi) is 6.68. The number of amides is 2. The topological polar surface area (TPSA) is 87.7 Å². The van der Waals surface area contributed by atoms with Crippen molar-refractivity contribution < 1.29 is 19.4 Å². The monoisotopic (exact) mass is 260 g/mol. The van der Waals surface area contributed by atoms with E-state index in [9.17, 15) is 9.59 Å². The van der Waals surface area contributed by atoms with Gasteiger partial charge in [-0.05, 0) is 34.6 Å². The summed E-state index contributed by atoms with van der Waals surface area (Å²) in [6.07, 6.45) is 0. The number of rotatable bonds is 7. The van der Waals surface area contributed by atoms with Crippen LogP contribution in [0.4, 0.5) is 4.79 Å². The van der Waals surface area contributed by atoms with Gasteiger partial charge in [0.25, 0.3) is 0 Å². The van der Waals surface area contributed by atoms with Crippen LogP contribution in [0, 0.1) is 5.92 Å². The van der Waals surface area contributed by atoms with Gasteiger partial charge in [-0.3, -0.25) is 4.79 Å². The number of carbonyl (C=O) groups is 2. The second-order valence-electron chi connectivity index (χ2n) is 4.94. The molecule has 3 N–H and O–H groups in total. The van der Waals surface area contributed by atoms with Gasteiger partial charge in [-0.15, -0.1) is 0 Å². The normalized spacial score (nSPS) is 14.7. The minimum atomic E-state index is -0.933. The lowest BCUT2D eigenvalue weighted by Gasteiger charge is -2.26. The van der Waals surface area contributed by atoms with Crippen LogP contribution < -0.4 is 10.6 Å². The number of carbonyl (C=O) groups excluding carboxylic acids is 1. The fraction of sp³-hybridized carbons (Fsp3) is 0.833. The number of carboxylic acid groups (broad SMARTS) is 1. The highest BCUT2D eigenvalue weighted by Crippen LogP contribution is 2.07. The lowest BCUT2D eigenvalue weighted by atomic mass is 10.0. The van der Waals surface area contributed by atoms with Crippen LogP contribution in [0.5, 0.6) is 0 Å². The molecule has 6 heteroatoms. The number of aliphatic carboxylic acids is 1. The number of carboxylic acids is 1. The van der Waals surface area contributed by atoms with Crippen LogP contribution in [0.1, 0.15) is 34.6 Å². The molecule has 0 saturated carbocycles. The van der Waals surface area contributed by atoms with Crippen LogP contribution >= 0.6 is 0 Å². The number of hydrogen-bond acceptors (Lipinski definition) is 3. The molecule has 0 rings (SSSR count). The highest BCUT2D eigenvalue weighted by molar-refractivity contribution is 5.76. The first-order chi connectivity index (χ1) is 8.19. The fourth-order valence-corrected chi connectivity index (χ4v) is 1.33. The Morgan fingerprint density at radius 2 is 1.89 bits per heavy atom. The second-order valence-corrected chi connectivity index (χ2v) is 4.94. The first-order valence-corrected chi connectivity index (χ1v) is 6.10. The van der Waals surface area contributed by atoms with Crippen molar-refractivity contribution in [2.24, 2.45) is 5.92 Å². The van der Waals surface area contributed by atoms with Crippen LogP contribution in [0.15, 0.2) is 0 Å². The number of ether oxygens (including phenoxy) is 1. The highest BCUT2D eigenvalue weighted by Gasteiger charge is 2.22. The zero-order valence-electron chi connectivity index (χ0n) is 11.7. The zero-order valence-corrected chi connectivity index (χ0v) is 11.7. The largest absolute Gasteiger partial charge is 0.481 e. The summed E-state index contributed by atoms with van der Waals surface area (Å²) in [6.45, 7) is 9.78. The van der Waals surface area contributed by atoms with E-state index in [0.29, 0.717) is 13.2 Å². The lowest BCUT2D eigenvalue weighted by molar-refractivity contribution is -0.141. The van der Waals surface area contributed by atoms with Gasteiger partial charge in [-0.25, -0.2) is 4.79 Å².